The number of benzene rings is 1. The highest BCUT2D eigenvalue weighted by Crippen LogP contribution is 2.48. The molecule has 2 fully saturated rings. The molecule has 2 saturated heterocycles. The molecule has 112 valence electrons. The topological polar surface area (TPSA) is 49.4 Å². The molecule has 2 amide bonds. The van der Waals surface area contributed by atoms with Gasteiger partial charge in [-0.2, -0.15) is 0 Å². The Kier molecular flexibility index (Phi) is 3.66. The third-order valence-electron chi connectivity index (χ3n) is 4.97. The molecular formula is C16H19FN2O2. The summed E-state index contributed by atoms with van der Waals surface area (Å²) in [5.41, 5.74) is 0.954. The standard InChI is InChI=1S/C16H19FN2O2/c17-13-3-1-12(2-4-13)14-10-18-15(21)9-16(14)5-7-19(11-20)8-6-16/h1-4,11,14H,5-10H2,(H,18,21). The van der Waals surface area contributed by atoms with Crippen LogP contribution in [0.1, 0.15) is 30.7 Å². The van der Waals surface area contributed by atoms with Crippen molar-refractivity contribution in [3.05, 3.63) is 35.6 Å². The molecule has 21 heavy (non-hydrogen) atoms. The predicted molar refractivity (Wildman–Crippen MR) is 76.1 cm³/mol. The second-order valence-electron chi connectivity index (χ2n) is 6.09. The maximum Gasteiger partial charge on any atom is 0.220 e. The zero-order chi connectivity index (χ0) is 14.9. The number of nitrogens with one attached hydrogen (secondary N) is 1. The Labute approximate surface area is 123 Å². The maximum atomic E-state index is 13.1. The molecule has 2 aliphatic heterocycles. The summed E-state index contributed by atoms with van der Waals surface area (Å²) >= 11 is 0. The maximum absolute atomic E-state index is 13.1. The summed E-state index contributed by atoms with van der Waals surface area (Å²) in [5, 5.41) is 2.93. The number of carbonyl (C=O) groups is 2. The van der Waals surface area contributed by atoms with Crippen molar-refractivity contribution in [2.45, 2.75) is 25.2 Å². The highest BCUT2D eigenvalue weighted by molar-refractivity contribution is 5.78. The summed E-state index contributed by atoms with van der Waals surface area (Å²) in [6.45, 7) is 1.97. The van der Waals surface area contributed by atoms with Crippen molar-refractivity contribution >= 4 is 12.3 Å². The Bertz CT molecular complexity index is 536. The molecule has 2 aliphatic rings. The van der Waals surface area contributed by atoms with Gasteiger partial charge in [-0.05, 0) is 36.0 Å². The number of carbonyl (C=O) groups excluding carboxylic acids is 2. The lowest BCUT2D eigenvalue weighted by Gasteiger charge is -2.48. The Morgan fingerprint density at radius 2 is 1.90 bits per heavy atom. The molecule has 2 heterocycles. The van der Waals surface area contributed by atoms with E-state index in [1.165, 1.54) is 12.1 Å². The van der Waals surface area contributed by atoms with Crippen LogP contribution in [0.3, 0.4) is 0 Å². The van der Waals surface area contributed by atoms with Crippen LogP contribution in [0.5, 0.6) is 0 Å². The van der Waals surface area contributed by atoms with Gasteiger partial charge in [-0.1, -0.05) is 12.1 Å². The molecule has 0 aliphatic carbocycles. The Hall–Kier alpha value is -1.91. The van der Waals surface area contributed by atoms with Crippen LogP contribution in [0.15, 0.2) is 24.3 Å². The van der Waals surface area contributed by atoms with E-state index in [9.17, 15) is 14.0 Å². The number of likely N-dealkylation sites (tertiary alicyclic amines) is 1. The number of hydrogen-bond donors (Lipinski definition) is 1. The number of halogens is 1. The largest absolute Gasteiger partial charge is 0.355 e. The molecule has 1 N–H and O–H groups in total. The zero-order valence-electron chi connectivity index (χ0n) is 11.8. The van der Waals surface area contributed by atoms with Crippen LogP contribution in [0.2, 0.25) is 0 Å². The van der Waals surface area contributed by atoms with E-state index in [0.29, 0.717) is 26.1 Å². The van der Waals surface area contributed by atoms with E-state index < -0.39 is 0 Å². The van der Waals surface area contributed by atoms with Crippen LogP contribution in [-0.4, -0.2) is 36.9 Å². The number of nitrogens with zero attached hydrogens (tertiary/aromatic N) is 1. The number of amides is 2. The summed E-state index contributed by atoms with van der Waals surface area (Å²) in [5.74, 6) is 0.0148. The molecule has 1 atom stereocenters. The van der Waals surface area contributed by atoms with Crippen LogP contribution >= 0.6 is 0 Å². The minimum Gasteiger partial charge on any atom is -0.355 e. The Balaban J connectivity index is 1.88. The monoisotopic (exact) mass is 290 g/mol. The average Bonchev–Trinajstić information content (AvgIpc) is 2.49. The van der Waals surface area contributed by atoms with E-state index in [1.54, 1.807) is 4.90 Å². The number of hydrogen-bond acceptors (Lipinski definition) is 2. The SMILES string of the molecule is O=CN1CCC2(CC1)CC(=O)NCC2c1ccc(F)cc1. The molecular weight excluding hydrogens is 271 g/mol. The fourth-order valence-electron chi connectivity index (χ4n) is 3.70. The van der Waals surface area contributed by atoms with E-state index >= 15 is 0 Å². The second-order valence-corrected chi connectivity index (χ2v) is 6.09. The van der Waals surface area contributed by atoms with Gasteiger partial charge in [0.25, 0.3) is 0 Å². The lowest BCUT2D eigenvalue weighted by Crippen LogP contribution is -2.51. The lowest BCUT2D eigenvalue weighted by atomic mass is 9.62. The van der Waals surface area contributed by atoms with Crippen LogP contribution in [0.4, 0.5) is 4.39 Å². The van der Waals surface area contributed by atoms with E-state index in [1.807, 2.05) is 12.1 Å². The van der Waals surface area contributed by atoms with Gasteiger partial charge >= 0.3 is 0 Å². The van der Waals surface area contributed by atoms with Crippen LogP contribution < -0.4 is 5.32 Å². The van der Waals surface area contributed by atoms with Crippen LogP contribution in [0.25, 0.3) is 0 Å². The van der Waals surface area contributed by atoms with Crippen molar-refractivity contribution in [3.63, 3.8) is 0 Å². The average molecular weight is 290 g/mol. The molecule has 1 aromatic rings. The van der Waals surface area contributed by atoms with Gasteiger partial charge in [-0.15, -0.1) is 0 Å². The Morgan fingerprint density at radius 3 is 2.52 bits per heavy atom. The zero-order valence-corrected chi connectivity index (χ0v) is 11.8. The molecule has 0 saturated carbocycles. The van der Waals surface area contributed by atoms with Gasteiger partial charge in [0.15, 0.2) is 0 Å². The van der Waals surface area contributed by atoms with Crippen molar-refractivity contribution in [1.82, 2.24) is 10.2 Å². The first-order chi connectivity index (χ1) is 10.1. The second kappa shape index (κ2) is 5.47. The predicted octanol–water partition coefficient (Wildman–Crippen LogP) is 1.67. The molecule has 0 radical (unpaired) electrons. The third kappa shape index (κ3) is 2.64. The minimum atomic E-state index is -0.247. The van der Waals surface area contributed by atoms with Crippen molar-refractivity contribution < 1.29 is 14.0 Å². The van der Waals surface area contributed by atoms with Gasteiger partial charge in [-0.25, -0.2) is 4.39 Å². The van der Waals surface area contributed by atoms with Crippen molar-refractivity contribution in [2.24, 2.45) is 5.41 Å². The molecule has 1 aromatic carbocycles. The van der Waals surface area contributed by atoms with Gasteiger partial charge in [-0.3, -0.25) is 9.59 Å². The lowest BCUT2D eigenvalue weighted by molar-refractivity contribution is -0.129. The molecule has 0 aromatic heterocycles. The first-order valence-electron chi connectivity index (χ1n) is 7.34. The quantitative estimate of drug-likeness (QED) is 0.842. The third-order valence-corrected chi connectivity index (χ3v) is 4.97. The first-order valence-corrected chi connectivity index (χ1v) is 7.34. The van der Waals surface area contributed by atoms with Gasteiger partial charge in [0.2, 0.25) is 12.3 Å². The van der Waals surface area contributed by atoms with Crippen molar-refractivity contribution in [1.29, 1.82) is 0 Å². The summed E-state index contributed by atoms with van der Waals surface area (Å²) in [6, 6.07) is 6.57. The highest BCUT2D eigenvalue weighted by atomic mass is 19.1. The van der Waals surface area contributed by atoms with Crippen LogP contribution in [0, 0.1) is 11.2 Å². The normalized spacial score (nSPS) is 24.7. The van der Waals surface area contributed by atoms with E-state index in [4.69, 9.17) is 0 Å². The first kappa shape index (κ1) is 14.0. The summed E-state index contributed by atoms with van der Waals surface area (Å²) in [7, 11) is 0. The minimum absolute atomic E-state index is 0.0768. The molecule has 4 nitrogen and oxygen atoms in total. The van der Waals surface area contributed by atoms with E-state index in [0.717, 1.165) is 24.8 Å². The fraction of sp³-hybridized carbons (Fsp3) is 0.500. The van der Waals surface area contributed by atoms with Crippen molar-refractivity contribution in [3.8, 4) is 0 Å². The molecule has 0 bridgehead atoms. The molecule has 5 heteroatoms. The summed E-state index contributed by atoms with van der Waals surface area (Å²) in [4.78, 5) is 24.5. The Morgan fingerprint density at radius 1 is 1.24 bits per heavy atom. The number of piperidine rings is 2. The fourth-order valence-corrected chi connectivity index (χ4v) is 3.70. The molecule has 1 unspecified atom stereocenters. The van der Waals surface area contributed by atoms with E-state index in [2.05, 4.69) is 5.32 Å². The summed E-state index contributed by atoms with van der Waals surface area (Å²) < 4.78 is 13.1. The van der Waals surface area contributed by atoms with Gasteiger partial charge in [0.05, 0.1) is 0 Å². The van der Waals surface area contributed by atoms with Crippen molar-refractivity contribution in [2.75, 3.05) is 19.6 Å². The van der Waals surface area contributed by atoms with Gasteiger partial charge < -0.3 is 10.2 Å². The van der Waals surface area contributed by atoms with E-state index in [-0.39, 0.29) is 23.1 Å². The summed E-state index contributed by atoms with van der Waals surface area (Å²) in [6.07, 6.45) is 3.01. The van der Waals surface area contributed by atoms with Crippen LogP contribution in [-0.2, 0) is 9.59 Å². The molecule has 3 rings (SSSR count). The molecule has 1 spiro atoms. The van der Waals surface area contributed by atoms with Gasteiger partial charge in [0, 0.05) is 32.0 Å². The number of rotatable bonds is 2. The highest BCUT2D eigenvalue weighted by Gasteiger charge is 2.46. The van der Waals surface area contributed by atoms with Gasteiger partial charge in [0.1, 0.15) is 5.82 Å². The smallest absolute Gasteiger partial charge is 0.220 e.